The van der Waals surface area contributed by atoms with Crippen molar-refractivity contribution in [2.75, 3.05) is 6.54 Å². The molecule has 1 heterocycles. The van der Waals surface area contributed by atoms with Gasteiger partial charge in [0.2, 0.25) is 0 Å². The monoisotopic (exact) mass is 221 g/mol. The van der Waals surface area contributed by atoms with Crippen molar-refractivity contribution in [2.45, 2.75) is 52.5 Å². The van der Waals surface area contributed by atoms with Crippen LogP contribution in [0.3, 0.4) is 0 Å². The van der Waals surface area contributed by atoms with Crippen LogP contribution in [0.1, 0.15) is 50.1 Å². The van der Waals surface area contributed by atoms with Crippen LogP contribution in [0, 0.1) is 5.92 Å². The average Bonchev–Trinajstić information content (AvgIpc) is 2.49. The minimum Gasteiger partial charge on any atom is -0.311 e. The van der Waals surface area contributed by atoms with Crippen LogP contribution in [-0.2, 0) is 19.4 Å². The van der Waals surface area contributed by atoms with Crippen LogP contribution >= 0.6 is 0 Å². The van der Waals surface area contributed by atoms with Crippen LogP contribution in [0.4, 0.5) is 0 Å². The molecule has 2 N–H and O–H groups in total. The number of aromatic amines is 1. The van der Waals surface area contributed by atoms with Gasteiger partial charge in [-0.05, 0) is 43.7 Å². The Kier molecular flexibility index (Phi) is 3.99. The Hall–Kier alpha value is -0.830. The summed E-state index contributed by atoms with van der Waals surface area (Å²) in [7, 11) is 0. The molecule has 0 atom stereocenters. The van der Waals surface area contributed by atoms with Crippen molar-refractivity contribution < 1.29 is 0 Å². The molecule has 3 heteroatoms. The largest absolute Gasteiger partial charge is 0.311 e. The molecule has 0 fully saturated rings. The summed E-state index contributed by atoms with van der Waals surface area (Å²) >= 11 is 0. The van der Waals surface area contributed by atoms with E-state index in [1.54, 1.807) is 0 Å². The molecule has 0 radical (unpaired) electrons. The number of nitrogens with one attached hydrogen (secondary N) is 2. The maximum absolute atomic E-state index is 4.45. The van der Waals surface area contributed by atoms with E-state index in [0.29, 0.717) is 5.92 Å². The Morgan fingerprint density at radius 3 is 2.88 bits per heavy atom. The number of hydrogen-bond acceptors (Lipinski definition) is 2. The molecule has 1 aromatic rings. The van der Waals surface area contributed by atoms with Gasteiger partial charge < -0.3 is 5.32 Å². The van der Waals surface area contributed by atoms with E-state index < -0.39 is 0 Å². The molecule has 0 aromatic carbocycles. The maximum atomic E-state index is 4.45. The van der Waals surface area contributed by atoms with E-state index in [1.165, 1.54) is 49.1 Å². The summed E-state index contributed by atoms with van der Waals surface area (Å²) in [6.07, 6.45) is 6.40. The van der Waals surface area contributed by atoms with E-state index in [-0.39, 0.29) is 0 Å². The second-order valence-corrected chi connectivity index (χ2v) is 5.21. The first kappa shape index (κ1) is 11.6. The van der Waals surface area contributed by atoms with Crippen molar-refractivity contribution in [3.8, 4) is 0 Å². The topological polar surface area (TPSA) is 40.7 Å². The van der Waals surface area contributed by atoms with Gasteiger partial charge in [0.25, 0.3) is 0 Å². The minimum absolute atomic E-state index is 0.706. The number of aromatic nitrogens is 2. The van der Waals surface area contributed by atoms with E-state index in [9.17, 15) is 0 Å². The summed E-state index contributed by atoms with van der Waals surface area (Å²) in [4.78, 5) is 0. The zero-order chi connectivity index (χ0) is 11.4. The molecule has 1 aromatic heterocycles. The molecule has 2 rings (SSSR count). The van der Waals surface area contributed by atoms with E-state index >= 15 is 0 Å². The molecule has 1 aliphatic carbocycles. The van der Waals surface area contributed by atoms with Gasteiger partial charge in [0.1, 0.15) is 0 Å². The third kappa shape index (κ3) is 2.85. The predicted molar refractivity (Wildman–Crippen MR) is 66.4 cm³/mol. The van der Waals surface area contributed by atoms with Gasteiger partial charge in [0.15, 0.2) is 0 Å². The third-order valence-electron chi connectivity index (χ3n) is 3.24. The van der Waals surface area contributed by atoms with Gasteiger partial charge in [-0.25, -0.2) is 0 Å². The van der Waals surface area contributed by atoms with Gasteiger partial charge in [-0.1, -0.05) is 20.3 Å². The summed E-state index contributed by atoms with van der Waals surface area (Å²) in [5.41, 5.74) is 4.13. The summed E-state index contributed by atoms with van der Waals surface area (Å²) in [5.74, 6) is 0.706. The molecule has 3 nitrogen and oxygen atoms in total. The predicted octanol–water partition coefficient (Wildman–Crippen LogP) is 2.42. The molecule has 0 aliphatic heterocycles. The third-order valence-corrected chi connectivity index (χ3v) is 3.24. The number of nitrogens with zero attached hydrogens (tertiary/aromatic N) is 1. The van der Waals surface area contributed by atoms with E-state index in [4.69, 9.17) is 0 Å². The zero-order valence-electron chi connectivity index (χ0n) is 10.5. The zero-order valence-corrected chi connectivity index (χ0v) is 10.5. The Morgan fingerprint density at radius 1 is 1.25 bits per heavy atom. The van der Waals surface area contributed by atoms with Crippen molar-refractivity contribution in [1.82, 2.24) is 15.5 Å². The van der Waals surface area contributed by atoms with Gasteiger partial charge in [-0.3, -0.25) is 5.10 Å². The van der Waals surface area contributed by atoms with Crippen molar-refractivity contribution in [2.24, 2.45) is 5.92 Å². The van der Waals surface area contributed by atoms with Crippen molar-refractivity contribution in [3.63, 3.8) is 0 Å². The fourth-order valence-electron chi connectivity index (χ4n) is 2.35. The first-order valence-electron chi connectivity index (χ1n) is 6.53. The molecule has 16 heavy (non-hydrogen) atoms. The van der Waals surface area contributed by atoms with Crippen LogP contribution in [0.5, 0.6) is 0 Å². The quantitative estimate of drug-likeness (QED) is 0.767. The van der Waals surface area contributed by atoms with E-state index in [2.05, 4.69) is 29.4 Å². The highest BCUT2D eigenvalue weighted by atomic mass is 15.1. The lowest BCUT2D eigenvalue weighted by molar-refractivity contribution is 0.546. The highest BCUT2D eigenvalue weighted by molar-refractivity contribution is 5.26. The van der Waals surface area contributed by atoms with Crippen LogP contribution in [0.15, 0.2) is 0 Å². The fraction of sp³-hybridized carbons (Fsp3) is 0.769. The maximum Gasteiger partial charge on any atom is 0.0794 e. The first-order chi connectivity index (χ1) is 7.77. The SMILES string of the molecule is CC(C)CNCc1n[nH]c2c1CCCCC2. The Balaban J connectivity index is 1.96. The molecule has 0 bridgehead atoms. The van der Waals surface area contributed by atoms with Crippen molar-refractivity contribution in [1.29, 1.82) is 0 Å². The lowest BCUT2D eigenvalue weighted by Gasteiger charge is -2.07. The van der Waals surface area contributed by atoms with Crippen molar-refractivity contribution in [3.05, 3.63) is 17.0 Å². The van der Waals surface area contributed by atoms with Gasteiger partial charge in [-0.15, -0.1) is 0 Å². The normalized spacial score (nSPS) is 16.2. The Bertz CT molecular complexity index is 328. The van der Waals surface area contributed by atoms with Gasteiger partial charge in [0, 0.05) is 12.2 Å². The van der Waals surface area contributed by atoms with Crippen LogP contribution in [-0.4, -0.2) is 16.7 Å². The summed E-state index contributed by atoms with van der Waals surface area (Å²) < 4.78 is 0. The number of hydrogen-bond donors (Lipinski definition) is 2. The highest BCUT2D eigenvalue weighted by Gasteiger charge is 2.14. The molecule has 0 amide bonds. The molecular formula is C13H23N3. The van der Waals surface area contributed by atoms with Gasteiger partial charge >= 0.3 is 0 Å². The van der Waals surface area contributed by atoms with Crippen LogP contribution in [0.25, 0.3) is 0 Å². The number of rotatable bonds is 4. The average molecular weight is 221 g/mol. The fourth-order valence-corrected chi connectivity index (χ4v) is 2.35. The van der Waals surface area contributed by atoms with E-state index in [0.717, 1.165) is 13.1 Å². The van der Waals surface area contributed by atoms with Gasteiger partial charge in [-0.2, -0.15) is 5.10 Å². The second kappa shape index (κ2) is 5.48. The van der Waals surface area contributed by atoms with Crippen molar-refractivity contribution >= 4 is 0 Å². The number of aryl methyl sites for hydroxylation is 1. The molecule has 90 valence electrons. The second-order valence-electron chi connectivity index (χ2n) is 5.21. The summed E-state index contributed by atoms with van der Waals surface area (Å²) in [6.45, 7) is 6.46. The highest BCUT2D eigenvalue weighted by Crippen LogP contribution is 2.21. The Morgan fingerprint density at radius 2 is 2.06 bits per heavy atom. The van der Waals surface area contributed by atoms with Crippen LogP contribution < -0.4 is 5.32 Å². The molecule has 0 saturated carbocycles. The molecule has 0 spiro atoms. The Labute approximate surface area is 98.0 Å². The minimum atomic E-state index is 0.706. The lowest BCUT2D eigenvalue weighted by atomic mass is 10.1. The molecule has 1 aliphatic rings. The molecular weight excluding hydrogens is 198 g/mol. The van der Waals surface area contributed by atoms with Gasteiger partial charge in [0.05, 0.1) is 5.69 Å². The van der Waals surface area contributed by atoms with E-state index in [1.807, 2.05) is 0 Å². The number of H-pyrrole nitrogens is 1. The van der Waals surface area contributed by atoms with Crippen LogP contribution in [0.2, 0.25) is 0 Å². The molecule has 0 saturated heterocycles. The first-order valence-corrected chi connectivity index (χ1v) is 6.53. The molecule has 0 unspecified atom stereocenters. The summed E-state index contributed by atoms with van der Waals surface area (Å²) in [5, 5.41) is 11.1. The summed E-state index contributed by atoms with van der Waals surface area (Å²) in [6, 6.07) is 0. The standard InChI is InChI=1S/C13H23N3/c1-10(2)8-14-9-13-11-6-4-3-5-7-12(11)15-16-13/h10,14H,3-9H2,1-2H3,(H,15,16). The lowest BCUT2D eigenvalue weighted by Crippen LogP contribution is -2.19. The number of fused-ring (bicyclic) bond motifs is 1. The smallest absolute Gasteiger partial charge is 0.0794 e.